The number of likely N-dealkylation sites (tertiary alicyclic amines) is 1. The number of amides is 1. The average molecular weight is 461 g/mol. The monoisotopic (exact) mass is 460 g/mol. The van der Waals surface area contributed by atoms with Crippen LogP contribution in [0.25, 0.3) is 11.4 Å². The summed E-state index contributed by atoms with van der Waals surface area (Å²) in [6, 6.07) is 11.8. The molecule has 0 atom stereocenters. The smallest absolute Gasteiger partial charge is 0.316 e. The van der Waals surface area contributed by atoms with Crippen LogP contribution >= 0.6 is 11.6 Å². The maximum absolute atomic E-state index is 12.9. The molecule has 1 aliphatic rings. The summed E-state index contributed by atoms with van der Waals surface area (Å²) in [5.41, 5.74) is 1.80. The molecule has 2 aromatic carbocycles. The molecule has 1 N–H and O–H groups in total. The van der Waals surface area contributed by atoms with Gasteiger partial charge in [-0.15, -0.1) is 0 Å². The normalized spacial score (nSPS) is 14.2. The van der Waals surface area contributed by atoms with Gasteiger partial charge in [-0.1, -0.05) is 41.0 Å². The van der Waals surface area contributed by atoms with Gasteiger partial charge in [0.05, 0.1) is 4.90 Å². The van der Waals surface area contributed by atoms with Gasteiger partial charge in [-0.25, -0.2) is 13.1 Å². The molecular formula is C21H21ClN4O4S. The number of aromatic nitrogens is 2. The molecule has 0 radical (unpaired) electrons. The number of rotatable bonds is 6. The molecule has 1 aromatic heterocycles. The zero-order chi connectivity index (χ0) is 22.0. The lowest BCUT2D eigenvalue weighted by atomic mass is 10.1. The van der Waals surface area contributed by atoms with E-state index in [2.05, 4.69) is 14.9 Å². The van der Waals surface area contributed by atoms with Gasteiger partial charge >= 0.3 is 11.8 Å². The van der Waals surface area contributed by atoms with E-state index in [0.717, 1.165) is 18.4 Å². The summed E-state index contributed by atoms with van der Waals surface area (Å²) in [4.78, 5) is 18.4. The lowest BCUT2D eigenvalue weighted by Gasteiger charge is -2.11. The number of carbonyl (C=O) groups excluding carboxylic acids is 1. The van der Waals surface area contributed by atoms with Gasteiger partial charge < -0.3 is 9.42 Å². The Morgan fingerprint density at radius 2 is 1.87 bits per heavy atom. The number of halogens is 1. The Balaban J connectivity index is 1.55. The molecule has 2 heterocycles. The summed E-state index contributed by atoms with van der Waals surface area (Å²) in [6.07, 6.45) is 1.91. The predicted molar refractivity (Wildman–Crippen MR) is 115 cm³/mol. The highest BCUT2D eigenvalue weighted by Crippen LogP contribution is 2.24. The van der Waals surface area contributed by atoms with Crippen molar-refractivity contribution in [3.63, 3.8) is 0 Å². The summed E-state index contributed by atoms with van der Waals surface area (Å²) < 4.78 is 33.5. The molecule has 162 valence electrons. The highest BCUT2D eigenvalue weighted by atomic mass is 35.5. The fourth-order valence-corrected chi connectivity index (χ4v) is 4.78. The third-order valence-electron chi connectivity index (χ3n) is 5.12. The van der Waals surface area contributed by atoms with E-state index >= 15 is 0 Å². The first-order valence-electron chi connectivity index (χ1n) is 9.81. The average Bonchev–Trinajstić information content (AvgIpc) is 3.46. The summed E-state index contributed by atoms with van der Waals surface area (Å²) in [5, 5.41) is 4.45. The largest absolute Gasteiger partial charge is 0.334 e. The zero-order valence-electron chi connectivity index (χ0n) is 16.8. The second-order valence-corrected chi connectivity index (χ2v) is 9.53. The van der Waals surface area contributed by atoms with Gasteiger partial charge in [0, 0.05) is 30.2 Å². The molecule has 0 bridgehead atoms. The maximum atomic E-state index is 12.9. The third kappa shape index (κ3) is 4.79. The molecule has 1 fully saturated rings. The molecule has 0 aliphatic carbocycles. The summed E-state index contributed by atoms with van der Waals surface area (Å²) in [7, 11) is -3.80. The van der Waals surface area contributed by atoms with Gasteiger partial charge in [0.25, 0.3) is 0 Å². The second-order valence-electron chi connectivity index (χ2n) is 7.35. The van der Waals surface area contributed by atoms with Crippen molar-refractivity contribution in [2.75, 3.05) is 13.1 Å². The molecule has 0 spiro atoms. The lowest BCUT2D eigenvalue weighted by Crippen LogP contribution is -2.27. The maximum Gasteiger partial charge on any atom is 0.316 e. The fourth-order valence-electron chi connectivity index (χ4n) is 3.37. The fraction of sp³-hybridized carbons (Fsp3) is 0.286. The SMILES string of the molecule is Cc1ccc(-c2noc(C(=O)N3CCCC3)n2)cc1S(=O)(=O)NCc1ccc(Cl)cc1. The molecule has 31 heavy (non-hydrogen) atoms. The molecule has 1 saturated heterocycles. The van der Waals surface area contributed by atoms with Crippen molar-refractivity contribution in [2.45, 2.75) is 31.2 Å². The predicted octanol–water partition coefficient (Wildman–Crippen LogP) is 3.41. The first-order chi connectivity index (χ1) is 14.8. The third-order valence-corrected chi connectivity index (χ3v) is 6.91. The van der Waals surface area contributed by atoms with Crippen LogP contribution in [0.15, 0.2) is 51.9 Å². The van der Waals surface area contributed by atoms with Crippen molar-refractivity contribution in [1.29, 1.82) is 0 Å². The van der Waals surface area contributed by atoms with Crippen LogP contribution in [0.5, 0.6) is 0 Å². The molecule has 1 aliphatic heterocycles. The van der Waals surface area contributed by atoms with Crippen molar-refractivity contribution < 1.29 is 17.7 Å². The second kappa shape index (κ2) is 8.78. The van der Waals surface area contributed by atoms with Gasteiger partial charge in [-0.3, -0.25) is 4.79 Å². The molecule has 0 unspecified atom stereocenters. The Labute approximate surface area is 185 Å². The number of benzene rings is 2. The van der Waals surface area contributed by atoms with Crippen LogP contribution in [0.4, 0.5) is 0 Å². The summed E-state index contributed by atoms with van der Waals surface area (Å²) >= 11 is 5.87. The minimum absolute atomic E-state index is 0.0947. The molecule has 10 heteroatoms. The van der Waals surface area contributed by atoms with E-state index in [1.54, 1.807) is 48.2 Å². The Hall–Kier alpha value is -2.75. The van der Waals surface area contributed by atoms with Gasteiger partial charge in [0.2, 0.25) is 15.8 Å². The van der Waals surface area contributed by atoms with Crippen LogP contribution in [-0.4, -0.2) is 42.5 Å². The highest BCUT2D eigenvalue weighted by Gasteiger charge is 2.25. The number of hydrogen-bond donors (Lipinski definition) is 1. The highest BCUT2D eigenvalue weighted by molar-refractivity contribution is 7.89. The van der Waals surface area contributed by atoms with Crippen LogP contribution in [0.1, 0.15) is 34.7 Å². The first kappa shape index (κ1) is 21.5. The van der Waals surface area contributed by atoms with E-state index < -0.39 is 10.0 Å². The molecule has 1 amide bonds. The Morgan fingerprint density at radius 1 is 1.16 bits per heavy atom. The lowest BCUT2D eigenvalue weighted by molar-refractivity contribution is 0.0743. The standard InChI is InChI=1S/C21H21ClN4O4S/c1-14-4-7-16(19-24-20(30-25-19)21(27)26-10-2-3-11-26)12-18(14)31(28,29)23-13-15-5-8-17(22)9-6-15/h4-9,12,23H,2-3,10-11,13H2,1H3. The number of carbonyl (C=O) groups is 1. The quantitative estimate of drug-likeness (QED) is 0.604. The topological polar surface area (TPSA) is 105 Å². The van der Waals surface area contributed by atoms with Gasteiger partial charge in [-0.2, -0.15) is 4.98 Å². The van der Waals surface area contributed by atoms with E-state index in [4.69, 9.17) is 16.1 Å². The van der Waals surface area contributed by atoms with Crippen molar-refractivity contribution in [2.24, 2.45) is 0 Å². The number of nitrogens with one attached hydrogen (secondary N) is 1. The zero-order valence-corrected chi connectivity index (χ0v) is 18.4. The summed E-state index contributed by atoms with van der Waals surface area (Å²) in [6.45, 7) is 3.17. The first-order valence-corrected chi connectivity index (χ1v) is 11.7. The van der Waals surface area contributed by atoms with E-state index in [-0.39, 0.29) is 29.1 Å². The Morgan fingerprint density at radius 3 is 2.58 bits per heavy atom. The van der Waals surface area contributed by atoms with E-state index in [1.165, 1.54) is 6.07 Å². The van der Waals surface area contributed by atoms with E-state index in [0.29, 0.717) is 29.2 Å². The Kier molecular flexibility index (Phi) is 6.08. The minimum atomic E-state index is -3.80. The molecule has 0 saturated carbocycles. The minimum Gasteiger partial charge on any atom is -0.334 e. The van der Waals surface area contributed by atoms with Crippen LogP contribution < -0.4 is 4.72 Å². The number of sulfonamides is 1. The molecule has 3 aromatic rings. The van der Waals surface area contributed by atoms with Crippen LogP contribution in [-0.2, 0) is 16.6 Å². The van der Waals surface area contributed by atoms with Gasteiger partial charge in [0.15, 0.2) is 0 Å². The number of hydrogen-bond acceptors (Lipinski definition) is 6. The number of nitrogens with zero attached hydrogens (tertiary/aromatic N) is 3. The van der Waals surface area contributed by atoms with Crippen LogP contribution in [0, 0.1) is 6.92 Å². The summed E-state index contributed by atoms with van der Waals surface area (Å²) in [5.74, 6) is -0.236. The number of aryl methyl sites for hydroxylation is 1. The molecule has 8 nitrogen and oxygen atoms in total. The van der Waals surface area contributed by atoms with E-state index in [1.807, 2.05) is 0 Å². The van der Waals surface area contributed by atoms with Gasteiger partial charge in [0.1, 0.15) is 0 Å². The van der Waals surface area contributed by atoms with Crippen LogP contribution in [0.2, 0.25) is 5.02 Å². The van der Waals surface area contributed by atoms with Crippen LogP contribution in [0.3, 0.4) is 0 Å². The van der Waals surface area contributed by atoms with Crippen molar-refractivity contribution in [1.82, 2.24) is 19.8 Å². The Bertz CT molecular complexity index is 1200. The van der Waals surface area contributed by atoms with Crippen molar-refractivity contribution in [3.05, 3.63) is 64.5 Å². The van der Waals surface area contributed by atoms with E-state index in [9.17, 15) is 13.2 Å². The van der Waals surface area contributed by atoms with Crippen molar-refractivity contribution in [3.8, 4) is 11.4 Å². The van der Waals surface area contributed by atoms with Crippen molar-refractivity contribution >= 4 is 27.5 Å². The molecule has 4 rings (SSSR count). The van der Waals surface area contributed by atoms with Gasteiger partial charge in [-0.05, 0) is 49.1 Å². The molecular weight excluding hydrogens is 440 g/mol.